The van der Waals surface area contributed by atoms with Crippen LogP contribution < -0.4 is 0 Å². The van der Waals surface area contributed by atoms with Crippen LogP contribution in [0, 0.1) is 46.3 Å². The van der Waals surface area contributed by atoms with E-state index < -0.39 is 0 Å². The fraction of sp³-hybridized carbons (Fsp3) is 0.957. The zero-order valence-corrected chi connectivity index (χ0v) is 17.2. The second kappa shape index (κ2) is 6.50. The summed E-state index contributed by atoms with van der Waals surface area (Å²) in [4.78, 5) is 12.5. The van der Waals surface area contributed by atoms with Gasteiger partial charge in [-0.3, -0.25) is 4.79 Å². The lowest BCUT2D eigenvalue weighted by Gasteiger charge is -2.61. The number of ether oxygens (including phenoxy) is 1. The molecule has 0 amide bonds. The van der Waals surface area contributed by atoms with Gasteiger partial charge in [0.15, 0.2) is 0 Å². The molecule has 0 unspecified atom stereocenters. The zero-order chi connectivity index (χ0) is 18.7. The van der Waals surface area contributed by atoms with Crippen molar-refractivity contribution in [3.05, 3.63) is 0 Å². The van der Waals surface area contributed by atoms with Crippen molar-refractivity contribution < 1.29 is 14.6 Å². The van der Waals surface area contributed by atoms with Crippen LogP contribution in [0.5, 0.6) is 0 Å². The summed E-state index contributed by atoms with van der Waals surface area (Å²) in [6, 6.07) is 0. The molecule has 26 heavy (non-hydrogen) atoms. The van der Waals surface area contributed by atoms with Crippen LogP contribution in [0.3, 0.4) is 0 Å². The van der Waals surface area contributed by atoms with Gasteiger partial charge in [-0.1, -0.05) is 27.2 Å². The third-order valence-corrected chi connectivity index (χ3v) is 9.86. The minimum absolute atomic E-state index is 0.0321. The van der Waals surface area contributed by atoms with Gasteiger partial charge in [-0.2, -0.15) is 0 Å². The first-order valence-corrected chi connectivity index (χ1v) is 11.1. The average Bonchev–Trinajstić information content (AvgIpc) is 2.94. The summed E-state index contributed by atoms with van der Waals surface area (Å²) in [7, 11) is 1.56. The molecular formula is C23H38O3. The zero-order valence-electron chi connectivity index (χ0n) is 17.2. The molecule has 4 saturated carbocycles. The molecule has 9 atom stereocenters. The molecule has 4 fully saturated rings. The van der Waals surface area contributed by atoms with Gasteiger partial charge in [0.25, 0.3) is 0 Å². The van der Waals surface area contributed by atoms with Crippen LogP contribution in [0.25, 0.3) is 0 Å². The molecule has 0 bridgehead atoms. The molecule has 148 valence electrons. The number of hydrogen-bond acceptors (Lipinski definition) is 3. The third kappa shape index (κ3) is 2.52. The fourth-order valence-corrected chi connectivity index (χ4v) is 8.55. The summed E-state index contributed by atoms with van der Waals surface area (Å²) in [5.74, 6) is 3.58. The van der Waals surface area contributed by atoms with Gasteiger partial charge in [0.05, 0.1) is 19.1 Å². The summed E-state index contributed by atoms with van der Waals surface area (Å²) in [6.07, 6.45) is 10.5. The van der Waals surface area contributed by atoms with Gasteiger partial charge in [-0.15, -0.1) is 0 Å². The maximum Gasteiger partial charge on any atom is 0.308 e. The Morgan fingerprint density at radius 2 is 1.77 bits per heavy atom. The molecule has 3 nitrogen and oxygen atoms in total. The van der Waals surface area contributed by atoms with E-state index in [-0.39, 0.29) is 18.0 Å². The maximum atomic E-state index is 12.5. The first-order chi connectivity index (χ1) is 12.3. The lowest BCUT2D eigenvalue weighted by molar-refractivity contribution is -0.147. The second-order valence-electron chi connectivity index (χ2n) is 10.5. The van der Waals surface area contributed by atoms with Crippen LogP contribution in [-0.2, 0) is 9.53 Å². The molecule has 0 spiro atoms. The molecule has 4 rings (SSSR count). The van der Waals surface area contributed by atoms with E-state index >= 15 is 0 Å². The third-order valence-electron chi connectivity index (χ3n) is 9.86. The van der Waals surface area contributed by atoms with Crippen molar-refractivity contribution in [3.8, 4) is 0 Å². The van der Waals surface area contributed by atoms with Gasteiger partial charge in [0.2, 0.25) is 0 Å². The van der Waals surface area contributed by atoms with Crippen molar-refractivity contribution >= 4 is 5.97 Å². The van der Waals surface area contributed by atoms with E-state index in [4.69, 9.17) is 4.74 Å². The molecule has 0 saturated heterocycles. The molecule has 0 radical (unpaired) electrons. The van der Waals surface area contributed by atoms with E-state index in [9.17, 15) is 9.90 Å². The first kappa shape index (κ1) is 18.8. The summed E-state index contributed by atoms with van der Waals surface area (Å²) in [6.45, 7) is 7.29. The predicted molar refractivity (Wildman–Crippen MR) is 102 cm³/mol. The number of fused-ring (bicyclic) bond motifs is 5. The SMILES string of the molecule is CC[C@H]1[C@H](C(=O)OC)C[C@H]2[C@@H]3CC[C@@H]4C[C@@H](O)CC[C@]4(C)[C@H]3CC[C@@]21C. The minimum Gasteiger partial charge on any atom is -0.469 e. The molecule has 0 aromatic heterocycles. The molecule has 0 aromatic carbocycles. The molecular weight excluding hydrogens is 324 g/mol. The smallest absolute Gasteiger partial charge is 0.308 e. The van der Waals surface area contributed by atoms with Gasteiger partial charge in [-0.05, 0) is 91.8 Å². The van der Waals surface area contributed by atoms with Gasteiger partial charge >= 0.3 is 5.97 Å². The van der Waals surface area contributed by atoms with Crippen LogP contribution in [0.2, 0.25) is 0 Å². The number of rotatable bonds is 2. The van der Waals surface area contributed by atoms with Crippen LogP contribution in [0.1, 0.15) is 78.6 Å². The number of methoxy groups -OCH3 is 1. The van der Waals surface area contributed by atoms with Crippen molar-refractivity contribution in [2.45, 2.75) is 84.7 Å². The Morgan fingerprint density at radius 3 is 2.46 bits per heavy atom. The Balaban J connectivity index is 1.63. The molecule has 0 heterocycles. The van der Waals surface area contributed by atoms with Crippen molar-refractivity contribution in [1.29, 1.82) is 0 Å². The summed E-state index contributed by atoms with van der Waals surface area (Å²) in [5.41, 5.74) is 0.723. The average molecular weight is 363 g/mol. The standard InChI is InChI=1S/C23H38O3/c1-5-18-17(21(25)26-4)13-20-16-7-6-14-12-15(24)8-10-22(14,2)19(16)9-11-23(18,20)3/h14-20,24H,5-13H2,1-4H3/t14-,15+,16-,17-,18+,19+,20+,22+,23-/m1/s1. The molecule has 4 aliphatic carbocycles. The highest BCUT2D eigenvalue weighted by molar-refractivity contribution is 5.73. The second-order valence-corrected chi connectivity index (χ2v) is 10.5. The highest BCUT2D eigenvalue weighted by Crippen LogP contribution is 2.68. The Kier molecular flexibility index (Phi) is 4.69. The Morgan fingerprint density at radius 1 is 1.04 bits per heavy atom. The van der Waals surface area contributed by atoms with Gasteiger partial charge in [-0.25, -0.2) is 0 Å². The van der Waals surface area contributed by atoms with Crippen molar-refractivity contribution in [1.82, 2.24) is 0 Å². The fourth-order valence-electron chi connectivity index (χ4n) is 8.55. The summed E-state index contributed by atoms with van der Waals surface area (Å²) < 4.78 is 5.20. The number of esters is 1. The Labute approximate surface area is 159 Å². The topological polar surface area (TPSA) is 46.5 Å². The van der Waals surface area contributed by atoms with Crippen molar-refractivity contribution in [2.24, 2.45) is 46.3 Å². The predicted octanol–water partition coefficient (Wildman–Crippen LogP) is 4.82. The van der Waals surface area contributed by atoms with E-state index in [0.717, 1.165) is 37.5 Å². The molecule has 0 aromatic rings. The van der Waals surface area contributed by atoms with Gasteiger partial charge < -0.3 is 9.84 Å². The van der Waals surface area contributed by atoms with Crippen LogP contribution in [-0.4, -0.2) is 24.3 Å². The van der Waals surface area contributed by atoms with Crippen LogP contribution >= 0.6 is 0 Å². The minimum atomic E-state index is -0.0712. The maximum absolute atomic E-state index is 12.5. The largest absolute Gasteiger partial charge is 0.469 e. The number of aliphatic hydroxyl groups is 1. The quantitative estimate of drug-likeness (QED) is 0.717. The normalized spacial score (nSPS) is 53.3. The van der Waals surface area contributed by atoms with E-state index in [1.807, 2.05) is 0 Å². The van der Waals surface area contributed by atoms with Crippen molar-refractivity contribution in [2.75, 3.05) is 7.11 Å². The van der Waals surface area contributed by atoms with E-state index in [0.29, 0.717) is 28.6 Å². The summed E-state index contributed by atoms with van der Waals surface area (Å²) in [5, 5.41) is 10.2. The number of aliphatic hydroxyl groups excluding tert-OH is 1. The lowest BCUT2D eigenvalue weighted by Crippen LogP contribution is -2.53. The highest BCUT2D eigenvalue weighted by Gasteiger charge is 2.62. The monoisotopic (exact) mass is 362 g/mol. The van der Waals surface area contributed by atoms with E-state index in [1.54, 1.807) is 7.11 Å². The van der Waals surface area contributed by atoms with E-state index in [2.05, 4.69) is 20.8 Å². The molecule has 3 heteroatoms. The molecule has 1 N–H and O–H groups in total. The molecule has 0 aliphatic heterocycles. The number of carbonyl (C=O) groups is 1. The van der Waals surface area contributed by atoms with E-state index in [1.165, 1.54) is 32.1 Å². The Bertz CT molecular complexity index is 560. The van der Waals surface area contributed by atoms with Gasteiger partial charge in [0.1, 0.15) is 0 Å². The van der Waals surface area contributed by atoms with Crippen LogP contribution in [0.4, 0.5) is 0 Å². The van der Waals surface area contributed by atoms with Crippen LogP contribution in [0.15, 0.2) is 0 Å². The van der Waals surface area contributed by atoms with Crippen molar-refractivity contribution in [3.63, 3.8) is 0 Å². The summed E-state index contributed by atoms with van der Waals surface area (Å²) >= 11 is 0. The van der Waals surface area contributed by atoms with Gasteiger partial charge in [0, 0.05) is 0 Å². The number of hydrogen-bond donors (Lipinski definition) is 1. The Hall–Kier alpha value is -0.570. The highest BCUT2D eigenvalue weighted by atomic mass is 16.5. The first-order valence-electron chi connectivity index (χ1n) is 11.1. The molecule has 4 aliphatic rings. The number of carbonyl (C=O) groups excluding carboxylic acids is 1. The lowest BCUT2D eigenvalue weighted by atomic mass is 9.44.